The molecule has 4 bridgehead atoms. The Morgan fingerprint density at radius 3 is 1.53 bits per heavy atom. The maximum Gasteiger partial charge on any atom is 0.335 e. The standard InChI is InChI=1S/C25H24O7/c26-22(27)16-1-5-18(6-2-16)24(19-7-3-17(4-8-19)23(28)29)30-25(32-31-24)20-10-14-9-15(12-20)13-21(25)11-14/h1-8,14-15,20-21H,9-13H2,(H,26,27)(H,28,29). The molecular formula is C25H24O7. The fourth-order valence-corrected chi connectivity index (χ4v) is 6.57. The summed E-state index contributed by atoms with van der Waals surface area (Å²) in [5.41, 5.74) is 1.54. The van der Waals surface area contributed by atoms with E-state index in [0.717, 1.165) is 37.5 Å². The fraction of sp³-hybridized carbons (Fsp3) is 0.440. The minimum absolute atomic E-state index is 0.161. The molecule has 4 saturated carbocycles. The predicted octanol–water partition coefficient (Wildman–Crippen LogP) is 4.41. The van der Waals surface area contributed by atoms with Gasteiger partial charge in [-0.15, -0.1) is 0 Å². The van der Waals surface area contributed by atoms with Gasteiger partial charge in [-0.05, 0) is 68.2 Å². The smallest absolute Gasteiger partial charge is 0.335 e. The summed E-state index contributed by atoms with van der Waals surface area (Å²) in [5.74, 6) is -2.34. The van der Waals surface area contributed by atoms with Crippen LogP contribution in [-0.4, -0.2) is 27.9 Å². The quantitative estimate of drug-likeness (QED) is 0.684. The van der Waals surface area contributed by atoms with E-state index >= 15 is 0 Å². The molecule has 0 radical (unpaired) electrons. The third-order valence-electron chi connectivity index (χ3n) is 7.89. The second-order valence-corrected chi connectivity index (χ2v) is 9.68. The van der Waals surface area contributed by atoms with Gasteiger partial charge in [0, 0.05) is 23.0 Å². The molecule has 5 aliphatic rings. The summed E-state index contributed by atoms with van der Waals surface area (Å²) in [6, 6.07) is 12.7. The Balaban J connectivity index is 1.44. The van der Waals surface area contributed by atoms with Gasteiger partial charge in [-0.25, -0.2) is 9.59 Å². The van der Waals surface area contributed by atoms with Gasteiger partial charge >= 0.3 is 11.9 Å². The molecule has 7 rings (SSSR count). The molecule has 0 aromatic heterocycles. The van der Waals surface area contributed by atoms with Gasteiger partial charge in [-0.1, -0.05) is 24.3 Å². The van der Waals surface area contributed by atoms with Crippen molar-refractivity contribution in [1.82, 2.24) is 0 Å². The largest absolute Gasteiger partial charge is 0.478 e. The lowest BCUT2D eigenvalue weighted by Crippen LogP contribution is -2.59. The zero-order valence-electron chi connectivity index (χ0n) is 17.4. The van der Waals surface area contributed by atoms with Gasteiger partial charge in [0.2, 0.25) is 5.79 Å². The summed E-state index contributed by atoms with van der Waals surface area (Å²) in [5, 5.41) is 18.6. The van der Waals surface area contributed by atoms with Crippen LogP contribution in [0.5, 0.6) is 0 Å². The lowest BCUT2D eigenvalue weighted by atomic mass is 9.53. The summed E-state index contributed by atoms with van der Waals surface area (Å²) >= 11 is 0. The SMILES string of the molecule is O=C(O)c1ccc(C2(c3ccc(C(=O)O)cc3)OOC3(O2)C2CC4CC(C2)CC3C4)cc1. The summed E-state index contributed by atoms with van der Waals surface area (Å²) in [6.07, 6.45) is 5.53. The van der Waals surface area contributed by atoms with E-state index in [4.69, 9.17) is 14.5 Å². The van der Waals surface area contributed by atoms with E-state index in [9.17, 15) is 19.8 Å². The second kappa shape index (κ2) is 6.88. The Hall–Kier alpha value is -2.74. The van der Waals surface area contributed by atoms with Crippen LogP contribution in [0.1, 0.15) is 63.9 Å². The van der Waals surface area contributed by atoms with Crippen LogP contribution >= 0.6 is 0 Å². The molecule has 7 heteroatoms. The Labute approximate surface area is 184 Å². The van der Waals surface area contributed by atoms with E-state index in [1.807, 2.05) is 0 Å². The van der Waals surface area contributed by atoms with Crippen molar-refractivity contribution in [2.45, 2.75) is 43.7 Å². The van der Waals surface area contributed by atoms with Crippen molar-refractivity contribution in [2.75, 3.05) is 0 Å². The van der Waals surface area contributed by atoms with Crippen molar-refractivity contribution in [3.63, 3.8) is 0 Å². The maximum atomic E-state index is 11.4. The molecule has 2 aromatic rings. The average Bonchev–Trinajstić information content (AvgIpc) is 3.20. The normalized spacial score (nSPS) is 34.1. The molecule has 32 heavy (non-hydrogen) atoms. The zero-order valence-corrected chi connectivity index (χ0v) is 17.4. The third-order valence-corrected chi connectivity index (χ3v) is 7.89. The molecule has 166 valence electrons. The maximum absolute atomic E-state index is 11.4. The Morgan fingerprint density at radius 1 is 0.688 bits per heavy atom. The van der Waals surface area contributed by atoms with Gasteiger partial charge < -0.3 is 14.9 Å². The lowest BCUT2D eigenvalue weighted by Gasteiger charge is -2.57. The molecule has 1 aliphatic heterocycles. The lowest BCUT2D eigenvalue weighted by molar-refractivity contribution is -0.387. The minimum atomic E-state index is -1.40. The third kappa shape index (κ3) is 2.78. The molecule has 4 aliphatic carbocycles. The van der Waals surface area contributed by atoms with E-state index in [2.05, 4.69) is 0 Å². The highest BCUT2D eigenvalue weighted by molar-refractivity contribution is 5.88. The number of ether oxygens (including phenoxy) is 1. The minimum Gasteiger partial charge on any atom is -0.478 e. The first kappa shape index (κ1) is 19.9. The molecule has 0 atom stereocenters. The van der Waals surface area contributed by atoms with Crippen molar-refractivity contribution in [1.29, 1.82) is 0 Å². The molecule has 7 nitrogen and oxygen atoms in total. The molecule has 1 spiro atoms. The van der Waals surface area contributed by atoms with E-state index in [0.29, 0.717) is 11.1 Å². The van der Waals surface area contributed by atoms with Gasteiger partial charge in [-0.2, -0.15) is 9.78 Å². The average molecular weight is 436 g/mol. The summed E-state index contributed by atoms with van der Waals surface area (Å²) in [4.78, 5) is 34.9. The van der Waals surface area contributed by atoms with Crippen molar-refractivity contribution >= 4 is 11.9 Å². The number of carbonyl (C=O) groups is 2. The molecule has 1 saturated heterocycles. The zero-order chi connectivity index (χ0) is 22.1. The number of carboxylic acids is 2. The number of carboxylic acid groups (broad SMARTS) is 2. The number of aromatic carboxylic acids is 2. The monoisotopic (exact) mass is 436 g/mol. The first-order valence-electron chi connectivity index (χ1n) is 11.1. The van der Waals surface area contributed by atoms with Crippen LogP contribution in [0.15, 0.2) is 48.5 Å². The molecule has 5 fully saturated rings. The van der Waals surface area contributed by atoms with E-state index in [1.165, 1.54) is 30.7 Å². The molecule has 2 aromatic carbocycles. The van der Waals surface area contributed by atoms with E-state index < -0.39 is 23.5 Å². The van der Waals surface area contributed by atoms with Crippen molar-refractivity contribution in [3.05, 3.63) is 70.8 Å². The first-order valence-corrected chi connectivity index (χ1v) is 11.1. The Morgan fingerprint density at radius 2 is 1.12 bits per heavy atom. The molecule has 0 amide bonds. The topological polar surface area (TPSA) is 102 Å². The van der Waals surface area contributed by atoms with Crippen LogP contribution in [0.3, 0.4) is 0 Å². The van der Waals surface area contributed by atoms with Crippen molar-refractivity contribution < 1.29 is 34.3 Å². The second-order valence-electron chi connectivity index (χ2n) is 9.68. The molecular weight excluding hydrogens is 412 g/mol. The number of hydrogen-bond acceptors (Lipinski definition) is 5. The Bertz CT molecular complexity index is 987. The van der Waals surface area contributed by atoms with Crippen LogP contribution in [0.4, 0.5) is 0 Å². The highest BCUT2D eigenvalue weighted by Crippen LogP contribution is 2.64. The Kier molecular flexibility index (Phi) is 4.28. The predicted molar refractivity (Wildman–Crippen MR) is 111 cm³/mol. The highest BCUT2D eigenvalue weighted by Gasteiger charge is 2.67. The van der Waals surface area contributed by atoms with Crippen LogP contribution in [0.25, 0.3) is 0 Å². The highest BCUT2D eigenvalue weighted by atomic mass is 17.3. The van der Waals surface area contributed by atoms with E-state index in [-0.39, 0.29) is 23.0 Å². The van der Waals surface area contributed by atoms with Crippen molar-refractivity contribution in [3.8, 4) is 0 Å². The van der Waals surface area contributed by atoms with Gasteiger partial charge in [-0.3, -0.25) is 0 Å². The number of benzene rings is 2. The van der Waals surface area contributed by atoms with Crippen LogP contribution in [-0.2, 0) is 20.3 Å². The summed E-state index contributed by atoms with van der Waals surface area (Å²) in [6.45, 7) is 0. The molecule has 0 unspecified atom stereocenters. The van der Waals surface area contributed by atoms with Gasteiger partial charge in [0.25, 0.3) is 5.79 Å². The van der Waals surface area contributed by atoms with Gasteiger partial charge in [0.15, 0.2) is 0 Å². The van der Waals surface area contributed by atoms with Crippen molar-refractivity contribution in [2.24, 2.45) is 23.7 Å². The van der Waals surface area contributed by atoms with E-state index in [1.54, 1.807) is 24.3 Å². The van der Waals surface area contributed by atoms with Gasteiger partial charge in [0.1, 0.15) is 0 Å². The van der Waals surface area contributed by atoms with Crippen LogP contribution in [0.2, 0.25) is 0 Å². The molecule has 1 heterocycles. The summed E-state index contributed by atoms with van der Waals surface area (Å²) in [7, 11) is 0. The first-order chi connectivity index (χ1) is 15.4. The summed E-state index contributed by atoms with van der Waals surface area (Å²) < 4.78 is 6.85. The van der Waals surface area contributed by atoms with Crippen LogP contribution in [0, 0.1) is 23.7 Å². The molecule has 2 N–H and O–H groups in total. The number of rotatable bonds is 4. The number of hydrogen-bond donors (Lipinski definition) is 2. The fourth-order valence-electron chi connectivity index (χ4n) is 6.57. The van der Waals surface area contributed by atoms with Crippen LogP contribution < -0.4 is 0 Å². The van der Waals surface area contributed by atoms with Gasteiger partial charge in [0.05, 0.1) is 11.1 Å².